The fourth-order valence-corrected chi connectivity index (χ4v) is 7.37. The summed E-state index contributed by atoms with van der Waals surface area (Å²) in [6.07, 6.45) is 4.85. The number of ether oxygens (including phenoxy) is 2. The van der Waals surface area contributed by atoms with E-state index in [1.807, 2.05) is 32.9 Å². The molecule has 0 aliphatic heterocycles. The molecule has 0 aromatic rings. The molecule has 4 aliphatic rings. The van der Waals surface area contributed by atoms with Crippen molar-refractivity contribution in [3.8, 4) is 0 Å². The van der Waals surface area contributed by atoms with Crippen LogP contribution >= 0.6 is 0 Å². The van der Waals surface area contributed by atoms with Crippen molar-refractivity contribution in [3.05, 3.63) is 34.9 Å². The standard InChI is InChI=1S/C29H40O7/c1-9-15(4)26(33)35-24-17(6)28(34)20-10-16(5)22(31)19(20)11-18(13-30)12-21(28)23-27(7,8)29(23,24)36-25(32)14(2)3/h9-10,12,14,17,19-21,23-24,30,34H,11,13H2,1-8H3/b15-9+/t17-,19+,20-,21+,23-,24-,28+,29-/m1/s1. The van der Waals surface area contributed by atoms with Gasteiger partial charge in [0, 0.05) is 40.6 Å². The van der Waals surface area contributed by atoms with Crippen molar-refractivity contribution < 1.29 is 34.1 Å². The van der Waals surface area contributed by atoms with Crippen LogP contribution in [0.4, 0.5) is 0 Å². The van der Waals surface area contributed by atoms with Crippen LogP contribution in [-0.2, 0) is 23.9 Å². The smallest absolute Gasteiger partial charge is 0.333 e. The number of aliphatic hydroxyl groups excluding tert-OH is 1. The van der Waals surface area contributed by atoms with E-state index in [0.717, 1.165) is 0 Å². The molecule has 0 amide bonds. The average Bonchev–Trinajstić information content (AvgIpc) is 3.22. The minimum atomic E-state index is -1.45. The molecule has 0 radical (unpaired) electrons. The molecule has 2 saturated carbocycles. The number of carbonyl (C=O) groups is 3. The van der Waals surface area contributed by atoms with Crippen LogP contribution in [0.25, 0.3) is 0 Å². The summed E-state index contributed by atoms with van der Waals surface area (Å²) in [6, 6.07) is 0. The maximum absolute atomic E-state index is 13.1. The first-order valence-electron chi connectivity index (χ1n) is 13.0. The quantitative estimate of drug-likeness (QED) is 0.338. The topological polar surface area (TPSA) is 110 Å². The Balaban J connectivity index is 1.93. The summed E-state index contributed by atoms with van der Waals surface area (Å²) in [5, 5.41) is 22.8. The first-order chi connectivity index (χ1) is 16.7. The lowest BCUT2D eigenvalue weighted by Crippen LogP contribution is -2.63. The summed E-state index contributed by atoms with van der Waals surface area (Å²) in [5.41, 5.74) is -1.51. The second-order valence-electron chi connectivity index (χ2n) is 12.1. The zero-order valence-corrected chi connectivity index (χ0v) is 22.6. The third kappa shape index (κ3) is 3.42. The average molecular weight is 501 g/mol. The molecule has 2 N–H and O–H groups in total. The molecule has 0 bridgehead atoms. The molecule has 0 saturated heterocycles. The van der Waals surface area contributed by atoms with Crippen molar-refractivity contribution >= 4 is 17.7 Å². The van der Waals surface area contributed by atoms with E-state index in [-0.39, 0.29) is 24.2 Å². The van der Waals surface area contributed by atoms with Crippen LogP contribution in [0.5, 0.6) is 0 Å². The highest BCUT2D eigenvalue weighted by atomic mass is 16.6. The van der Waals surface area contributed by atoms with Gasteiger partial charge in [0.05, 0.1) is 18.1 Å². The summed E-state index contributed by atoms with van der Waals surface area (Å²) in [7, 11) is 0. The van der Waals surface area contributed by atoms with E-state index in [1.165, 1.54) is 0 Å². The molecule has 198 valence electrons. The van der Waals surface area contributed by atoms with E-state index < -0.39 is 58.3 Å². The molecular formula is C29H40O7. The van der Waals surface area contributed by atoms with E-state index in [4.69, 9.17) is 9.47 Å². The van der Waals surface area contributed by atoms with Crippen molar-refractivity contribution in [2.75, 3.05) is 6.61 Å². The van der Waals surface area contributed by atoms with Crippen molar-refractivity contribution in [2.45, 2.75) is 79.1 Å². The fourth-order valence-electron chi connectivity index (χ4n) is 7.37. The minimum absolute atomic E-state index is 0.0305. The Kier molecular flexibility index (Phi) is 6.45. The molecule has 2 fully saturated rings. The van der Waals surface area contributed by atoms with Crippen LogP contribution in [0.15, 0.2) is 34.9 Å². The SMILES string of the molecule is C/C=C(\C)C(=O)O[C@@H]1[C@@H](C)[C@]2(O)[C@@H]3C=C(C)C(=O)[C@H]3CC(CO)=C[C@H]2[C@@H]2C(C)(C)[C@]12OC(=O)C(C)C. The molecule has 7 nitrogen and oxygen atoms in total. The normalized spacial score (nSPS) is 40.9. The van der Waals surface area contributed by atoms with Gasteiger partial charge in [-0.25, -0.2) is 4.79 Å². The number of Topliss-reactive ketones (excluding diaryl/α,β-unsaturated/α-hetero) is 1. The lowest BCUT2D eigenvalue weighted by Gasteiger charge is -2.52. The minimum Gasteiger partial charge on any atom is -0.454 e. The van der Waals surface area contributed by atoms with Crippen molar-refractivity contribution in [2.24, 2.45) is 40.9 Å². The van der Waals surface area contributed by atoms with Crippen LogP contribution in [-0.4, -0.2) is 51.8 Å². The second-order valence-corrected chi connectivity index (χ2v) is 12.1. The molecule has 8 atom stereocenters. The molecule has 4 aliphatic carbocycles. The van der Waals surface area contributed by atoms with Gasteiger partial charge in [-0.1, -0.05) is 52.8 Å². The molecule has 7 heteroatoms. The van der Waals surface area contributed by atoms with Crippen LogP contribution in [0, 0.1) is 40.9 Å². The van der Waals surface area contributed by atoms with E-state index >= 15 is 0 Å². The van der Waals surface area contributed by atoms with Gasteiger partial charge >= 0.3 is 11.9 Å². The zero-order valence-electron chi connectivity index (χ0n) is 22.6. The van der Waals surface area contributed by atoms with Crippen LogP contribution in [0.2, 0.25) is 0 Å². The van der Waals surface area contributed by atoms with Gasteiger partial charge in [-0.3, -0.25) is 9.59 Å². The predicted molar refractivity (Wildman–Crippen MR) is 133 cm³/mol. The van der Waals surface area contributed by atoms with Crippen LogP contribution in [0.3, 0.4) is 0 Å². The lowest BCUT2D eigenvalue weighted by molar-refractivity contribution is -0.220. The van der Waals surface area contributed by atoms with E-state index in [9.17, 15) is 24.6 Å². The fraction of sp³-hybridized carbons (Fsp3) is 0.690. The number of ketones is 1. The number of carbonyl (C=O) groups excluding carboxylic acids is 3. The van der Waals surface area contributed by atoms with Crippen molar-refractivity contribution in [3.63, 3.8) is 0 Å². The number of hydrogen-bond donors (Lipinski definition) is 2. The van der Waals surface area contributed by atoms with Gasteiger partial charge in [0.2, 0.25) is 0 Å². The number of rotatable bonds is 5. The Labute approximate surface area is 213 Å². The Morgan fingerprint density at radius 1 is 1.22 bits per heavy atom. The first kappa shape index (κ1) is 26.8. The van der Waals surface area contributed by atoms with Gasteiger partial charge in [-0.15, -0.1) is 0 Å². The predicted octanol–water partition coefficient (Wildman–Crippen LogP) is 3.54. The number of fused-ring (bicyclic) bond motifs is 5. The van der Waals surface area contributed by atoms with Crippen molar-refractivity contribution in [1.29, 1.82) is 0 Å². The number of hydrogen-bond acceptors (Lipinski definition) is 7. The Bertz CT molecular complexity index is 1080. The Morgan fingerprint density at radius 2 is 1.86 bits per heavy atom. The lowest BCUT2D eigenvalue weighted by atomic mass is 9.59. The Morgan fingerprint density at radius 3 is 2.42 bits per heavy atom. The first-order valence-corrected chi connectivity index (χ1v) is 13.0. The van der Waals surface area contributed by atoms with E-state index in [0.29, 0.717) is 23.1 Å². The van der Waals surface area contributed by atoms with Gasteiger partial charge in [0.25, 0.3) is 0 Å². The van der Waals surface area contributed by atoms with Gasteiger partial charge in [0.1, 0.15) is 6.10 Å². The zero-order chi connectivity index (χ0) is 27.0. The number of esters is 2. The monoisotopic (exact) mass is 500 g/mol. The number of aliphatic hydroxyl groups is 2. The molecule has 0 unspecified atom stereocenters. The van der Waals surface area contributed by atoms with Crippen LogP contribution in [0.1, 0.15) is 61.8 Å². The third-order valence-electron chi connectivity index (χ3n) is 9.62. The van der Waals surface area contributed by atoms with Gasteiger partial charge in [0.15, 0.2) is 11.4 Å². The highest BCUT2D eigenvalue weighted by molar-refractivity contribution is 6.00. The highest BCUT2D eigenvalue weighted by Gasteiger charge is 2.87. The molecule has 36 heavy (non-hydrogen) atoms. The third-order valence-corrected chi connectivity index (χ3v) is 9.62. The summed E-state index contributed by atoms with van der Waals surface area (Å²) in [4.78, 5) is 39.2. The second kappa shape index (κ2) is 8.66. The molecular weight excluding hydrogens is 460 g/mol. The van der Waals surface area contributed by atoms with E-state index in [2.05, 4.69) is 0 Å². The largest absolute Gasteiger partial charge is 0.454 e. The summed E-state index contributed by atoms with van der Waals surface area (Å²) >= 11 is 0. The summed E-state index contributed by atoms with van der Waals surface area (Å²) < 4.78 is 12.4. The molecule has 4 rings (SSSR count). The molecule has 0 aromatic heterocycles. The van der Waals surface area contributed by atoms with Gasteiger partial charge in [-0.05, 0) is 38.3 Å². The highest BCUT2D eigenvalue weighted by Crippen LogP contribution is 2.77. The van der Waals surface area contributed by atoms with Gasteiger partial charge < -0.3 is 19.7 Å². The maximum atomic E-state index is 13.1. The maximum Gasteiger partial charge on any atom is 0.333 e. The van der Waals surface area contributed by atoms with E-state index in [1.54, 1.807) is 40.7 Å². The number of allylic oxidation sites excluding steroid dienone is 2. The molecule has 0 heterocycles. The summed E-state index contributed by atoms with van der Waals surface area (Å²) in [6.45, 7) is 14.2. The summed E-state index contributed by atoms with van der Waals surface area (Å²) in [5.74, 6) is -3.88. The molecule has 0 aromatic carbocycles. The molecule has 0 spiro atoms. The van der Waals surface area contributed by atoms with Gasteiger partial charge in [-0.2, -0.15) is 0 Å². The Hall–Kier alpha value is -2.25. The van der Waals surface area contributed by atoms with Crippen molar-refractivity contribution in [1.82, 2.24) is 0 Å². The van der Waals surface area contributed by atoms with Crippen LogP contribution < -0.4 is 0 Å².